The Morgan fingerprint density at radius 1 is 0.900 bits per heavy atom. The molecular formula is C25H40O5. The fourth-order valence-corrected chi connectivity index (χ4v) is 3.60. The number of benzene rings is 1. The lowest BCUT2D eigenvalue weighted by Crippen LogP contribution is -2.44. The fraction of sp³-hybridized carbons (Fsp3) is 0.640. The molecule has 0 aromatic heterocycles. The van der Waals surface area contributed by atoms with Gasteiger partial charge >= 0.3 is 5.97 Å². The minimum Gasteiger partial charge on any atom is -0.496 e. The van der Waals surface area contributed by atoms with Gasteiger partial charge in [0.2, 0.25) is 0 Å². The third kappa shape index (κ3) is 6.16. The SMILES string of the molecule is COc1cc(OC)c(/C(C)=C/COC(=O)C(C)(CC(C)(C)C)C(C)(C)C)c(OC)c1. The molecule has 0 aliphatic heterocycles. The third-order valence-electron chi connectivity index (χ3n) is 5.70. The van der Waals surface area contributed by atoms with Gasteiger partial charge in [0.25, 0.3) is 0 Å². The second-order valence-corrected chi connectivity index (χ2v) is 10.2. The van der Waals surface area contributed by atoms with Crippen molar-refractivity contribution in [3.63, 3.8) is 0 Å². The molecule has 30 heavy (non-hydrogen) atoms. The number of allylic oxidation sites excluding steroid dienone is 1. The molecule has 0 saturated heterocycles. The Morgan fingerprint density at radius 3 is 1.77 bits per heavy atom. The number of rotatable bonds is 8. The van der Waals surface area contributed by atoms with Crippen LogP contribution in [-0.2, 0) is 9.53 Å². The fourth-order valence-electron chi connectivity index (χ4n) is 3.60. The summed E-state index contributed by atoms with van der Waals surface area (Å²) in [6.45, 7) is 16.9. The van der Waals surface area contributed by atoms with Crippen LogP contribution in [0, 0.1) is 16.2 Å². The normalized spacial score (nSPS) is 14.7. The Hall–Kier alpha value is -2.17. The van der Waals surface area contributed by atoms with Crippen LogP contribution in [0.4, 0.5) is 0 Å². The molecule has 0 N–H and O–H groups in total. The number of esters is 1. The second-order valence-electron chi connectivity index (χ2n) is 10.2. The molecule has 0 amide bonds. The second kappa shape index (κ2) is 9.76. The van der Waals surface area contributed by atoms with E-state index in [-0.39, 0.29) is 23.4 Å². The van der Waals surface area contributed by atoms with Gasteiger partial charge in [-0.2, -0.15) is 0 Å². The summed E-state index contributed by atoms with van der Waals surface area (Å²) in [5, 5.41) is 0. The molecule has 0 saturated carbocycles. The van der Waals surface area contributed by atoms with Gasteiger partial charge in [-0.1, -0.05) is 41.5 Å². The number of methoxy groups -OCH3 is 3. The van der Waals surface area contributed by atoms with Crippen LogP contribution in [0.5, 0.6) is 17.2 Å². The topological polar surface area (TPSA) is 54.0 Å². The van der Waals surface area contributed by atoms with Gasteiger partial charge in [0.1, 0.15) is 23.9 Å². The first kappa shape index (κ1) is 25.9. The van der Waals surface area contributed by atoms with Crippen LogP contribution < -0.4 is 14.2 Å². The van der Waals surface area contributed by atoms with E-state index in [4.69, 9.17) is 18.9 Å². The largest absolute Gasteiger partial charge is 0.496 e. The number of hydrogen-bond donors (Lipinski definition) is 0. The molecule has 1 aromatic carbocycles. The van der Waals surface area contributed by atoms with Crippen molar-refractivity contribution >= 4 is 11.5 Å². The minimum atomic E-state index is -0.595. The average molecular weight is 421 g/mol. The van der Waals surface area contributed by atoms with Crippen molar-refractivity contribution < 1.29 is 23.7 Å². The van der Waals surface area contributed by atoms with Crippen molar-refractivity contribution in [2.45, 2.75) is 61.8 Å². The summed E-state index contributed by atoms with van der Waals surface area (Å²) in [5.41, 5.74) is 0.898. The van der Waals surface area contributed by atoms with Crippen LogP contribution in [0.3, 0.4) is 0 Å². The van der Waals surface area contributed by atoms with Crippen molar-refractivity contribution in [3.8, 4) is 17.2 Å². The maximum atomic E-state index is 13.1. The highest BCUT2D eigenvalue weighted by Gasteiger charge is 2.47. The van der Waals surface area contributed by atoms with E-state index >= 15 is 0 Å². The molecule has 170 valence electrons. The standard InChI is InChI=1S/C25H40O5/c1-17(21-19(28-10)14-18(27-9)15-20(21)29-11)12-13-30-22(26)25(8,24(5,6)7)16-23(2,3)4/h12,14-15H,13,16H2,1-11H3/b17-12+. The van der Waals surface area contributed by atoms with Gasteiger partial charge in [-0.3, -0.25) is 4.79 Å². The van der Waals surface area contributed by atoms with Gasteiger partial charge in [0, 0.05) is 12.1 Å². The zero-order chi connectivity index (χ0) is 23.3. The van der Waals surface area contributed by atoms with Crippen LogP contribution in [0.2, 0.25) is 0 Å². The van der Waals surface area contributed by atoms with Crippen molar-refractivity contribution in [2.75, 3.05) is 27.9 Å². The Morgan fingerprint density at radius 2 is 1.40 bits per heavy atom. The quantitative estimate of drug-likeness (QED) is 0.472. The van der Waals surface area contributed by atoms with E-state index < -0.39 is 5.41 Å². The molecule has 0 radical (unpaired) electrons. The molecule has 1 aromatic rings. The van der Waals surface area contributed by atoms with Gasteiger partial charge in [0.15, 0.2) is 0 Å². The first-order valence-corrected chi connectivity index (χ1v) is 10.3. The van der Waals surface area contributed by atoms with E-state index in [1.165, 1.54) is 0 Å². The highest BCUT2D eigenvalue weighted by atomic mass is 16.5. The van der Waals surface area contributed by atoms with Crippen molar-refractivity contribution in [1.82, 2.24) is 0 Å². The molecular weight excluding hydrogens is 380 g/mol. The summed E-state index contributed by atoms with van der Waals surface area (Å²) in [5.74, 6) is 1.74. The molecule has 1 atom stereocenters. The monoisotopic (exact) mass is 420 g/mol. The summed E-state index contributed by atoms with van der Waals surface area (Å²) in [6.07, 6.45) is 2.62. The first-order chi connectivity index (χ1) is 13.7. The molecule has 0 aliphatic carbocycles. The van der Waals surface area contributed by atoms with E-state index in [9.17, 15) is 4.79 Å². The maximum Gasteiger partial charge on any atom is 0.312 e. The summed E-state index contributed by atoms with van der Waals surface area (Å²) < 4.78 is 22.1. The van der Waals surface area contributed by atoms with E-state index in [1.807, 2.05) is 19.9 Å². The Labute approximate surface area is 182 Å². The molecule has 0 spiro atoms. The van der Waals surface area contributed by atoms with Crippen LogP contribution in [0.25, 0.3) is 5.57 Å². The number of hydrogen-bond acceptors (Lipinski definition) is 5. The maximum absolute atomic E-state index is 13.1. The minimum absolute atomic E-state index is 0.0105. The zero-order valence-corrected chi connectivity index (χ0v) is 20.7. The smallest absolute Gasteiger partial charge is 0.312 e. The zero-order valence-electron chi connectivity index (χ0n) is 20.7. The highest BCUT2D eigenvalue weighted by Crippen LogP contribution is 2.47. The average Bonchev–Trinajstić information content (AvgIpc) is 2.64. The molecule has 0 fully saturated rings. The van der Waals surface area contributed by atoms with Crippen LogP contribution in [0.15, 0.2) is 18.2 Å². The predicted octanol–water partition coefficient (Wildman–Crippen LogP) is 6.15. The first-order valence-electron chi connectivity index (χ1n) is 10.3. The lowest BCUT2D eigenvalue weighted by molar-refractivity contribution is -0.163. The lowest BCUT2D eigenvalue weighted by Gasteiger charge is -2.43. The lowest BCUT2D eigenvalue weighted by atomic mass is 9.61. The number of ether oxygens (including phenoxy) is 4. The Balaban J connectivity index is 3.12. The van der Waals surface area contributed by atoms with Gasteiger partial charge in [-0.15, -0.1) is 0 Å². The molecule has 1 rings (SSSR count). The van der Waals surface area contributed by atoms with Crippen molar-refractivity contribution in [2.24, 2.45) is 16.2 Å². The molecule has 5 heteroatoms. The van der Waals surface area contributed by atoms with Crippen LogP contribution >= 0.6 is 0 Å². The summed E-state index contributed by atoms with van der Waals surface area (Å²) in [4.78, 5) is 13.1. The van der Waals surface area contributed by atoms with Crippen LogP contribution in [0.1, 0.15) is 67.4 Å². The number of carbonyl (C=O) groups is 1. The van der Waals surface area contributed by atoms with E-state index in [0.717, 1.165) is 17.6 Å². The van der Waals surface area contributed by atoms with Crippen LogP contribution in [-0.4, -0.2) is 33.9 Å². The highest BCUT2D eigenvalue weighted by molar-refractivity contribution is 5.78. The summed E-state index contributed by atoms with van der Waals surface area (Å²) in [6, 6.07) is 3.61. The predicted molar refractivity (Wildman–Crippen MR) is 122 cm³/mol. The van der Waals surface area contributed by atoms with E-state index in [0.29, 0.717) is 17.2 Å². The van der Waals surface area contributed by atoms with E-state index in [1.54, 1.807) is 33.5 Å². The van der Waals surface area contributed by atoms with Gasteiger partial charge in [-0.25, -0.2) is 0 Å². The molecule has 0 aliphatic rings. The summed E-state index contributed by atoms with van der Waals surface area (Å²) in [7, 11) is 4.80. The number of carbonyl (C=O) groups excluding carboxylic acids is 1. The van der Waals surface area contributed by atoms with Gasteiger partial charge in [0.05, 0.1) is 32.3 Å². The molecule has 0 heterocycles. The molecule has 5 nitrogen and oxygen atoms in total. The van der Waals surface area contributed by atoms with Crippen molar-refractivity contribution in [1.29, 1.82) is 0 Å². The van der Waals surface area contributed by atoms with Gasteiger partial charge in [-0.05, 0) is 42.7 Å². The summed E-state index contributed by atoms with van der Waals surface area (Å²) >= 11 is 0. The Kier molecular flexibility index (Phi) is 8.41. The van der Waals surface area contributed by atoms with Gasteiger partial charge < -0.3 is 18.9 Å². The van der Waals surface area contributed by atoms with Crippen molar-refractivity contribution in [3.05, 3.63) is 23.8 Å². The van der Waals surface area contributed by atoms with E-state index in [2.05, 4.69) is 41.5 Å². The molecule has 0 bridgehead atoms. The Bertz CT molecular complexity index is 740. The third-order valence-corrected chi connectivity index (χ3v) is 5.70. The molecule has 1 unspecified atom stereocenters.